The van der Waals surface area contributed by atoms with Crippen LogP contribution >= 0.6 is 10.7 Å². The number of rotatable bonds is 16. The Kier molecular flexibility index (Phi) is 12.7. The minimum absolute atomic E-state index is 0.0273. The van der Waals surface area contributed by atoms with Crippen LogP contribution in [0.4, 0.5) is 0 Å². The van der Waals surface area contributed by atoms with E-state index < -0.39 is 32.3 Å². The maximum Gasteiger partial charge on any atom is 0.318 e. The Morgan fingerprint density at radius 1 is 0.944 bits per heavy atom. The molecule has 0 aromatic heterocycles. The molecule has 0 spiro atoms. The average Bonchev–Trinajstić information content (AvgIpc) is 2.81. The highest BCUT2D eigenvalue weighted by Gasteiger charge is 2.26. The van der Waals surface area contributed by atoms with Crippen molar-refractivity contribution < 1.29 is 26.3 Å². The van der Waals surface area contributed by atoms with Crippen molar-refractivity contribution in [1.29, 1.82) is 0 Å². The highest BCUT2D eigenvalue weighted by molar-refractivity contribution is 8.13. The third-order valence-corrected chi connectivity index (χ3v) is 7.68. The van der Waals surface area contributed by atoms with Crippen LogP contribution in [-0.2, 0) is 25.1 Å². The number of ether oxygens (including phenoxy) is 1. The molecule has 2 aromatic rings. The van der Waals surface area contributed by atoms with E-state index in [2.05, 4.69) is 11.6 Å². The van der Waals surface area contributed by atoms with Gasteiger partial charge in [-0.25, -0.2) is 13.1 Å². The standard InChI is InChI=1S/C26H36ClNO6S2/c1-4-5-6-7-8-9-10-11-12-24(33-23-18-15-21(3)19-25(23)36(27,31)32)26(29)28-35(30)34-22-16-13-20(2)14-17-22/h13-19,24H,4-12H2,1-3H3,(H,28,29). The maximum absolute atomic E-state index is 13.0. The first-order valence-corrected chi connectivity index (χ1v) is 15.7. The normalized spacial score (nSPS) is 13.1. The smallest absolute Gasteiger partial charge is 0.318 e. The van der Waals surface area contributed by atoms with E-state index in [-0.39, 0.29) is 10.6 Å². The minimum atomic E-state index is -4.10. The van der Waals surface area contributed by atoms with Crippen molar-refractivity contribution in [2.45, 2.75) is 89.6 Å². The summed E-state index contributed by atoms with van der Waals surface area (Å²) in [6.45, 7) is 5.82. The molecular formula is C26H36ClNO6S2. The quantitative estimate of drug-likeness (QED) is 0.192. The van der Waals surface area contributed by atoms with E-state index in [4.69, 9.17) is 19.6 Å². The topological polar surface area (TPSA) is 98.8 Å². The second-order valence-electron chi connectivity index (χ2n) is 8.86. The fourth-order valence-electron chi connectivity index (χ4n) is 3.61. The van der Waals surface area contributed by atoms with E-state index in [9.17, 15) is 17.4 Å². The molecule has 200 valence electrons. The van der Waals surface area contributed by atoms with Gasteiger partial charge < -0.3 is 8.92 Å². The molecule has 2 aromatic carbocycles. The summed E-state index contributed by atoms with van der Waals surface area (Å²) in [4.78, 5) is 12.8. The number of unbranched alkanes of at least 4 members (excludes halogenated alkanes) is 7. The monoisotopic (exact) mass is 557 g/mol. The molecular weight excluding hydrogens is 522 g/mol. The van der Waals surface area contributed by atoms with Gasteiger partial charge in [0.2, 0.25) is 0 Å². The first-order valence-electron chi connectivity index (χ1n) is 12.3. The Labute approximate surface area is 222 Å². The molecule has 0 fully saturated rings. The van der Waals surface area contributed by atoms with Crippen LogP contribution in [0.2, 0.25) is 0 Å². The van der Waals surface area contributed by atoms with Crippen LogP contribution in [0.15, 0.2) is 47.4 Å². The first kappa shape index (κ1) is 30.1. The van der Waals surface area contributed by atoms with Gasteiger partial charge in [-0.05, 0) is 56.5 Å². The summed E-state index contributed by atoms with van der Waals surface area (Å²) < 4.78 is 50.0. The highest BCUT2D eigenvalue weighted by Crippen LogP contribution is 2.29. The number of halogens is 1. The fraction of sp³-hybridized carbons (Fsp3) is 0.500. The lowest BCUT2D eigenvalue weighted by Gasteiger charge is -2.20. The highest BCUT2D eigenvalue weighted by atomic mass is 35.7. The van der Waals surface area contributed by atoms with Crippen molar-refractivity contribution in [2.24, 2.45) is 0 Å². The van der Waals surface area contributed by atoms with Crippen LogP contribution in [0.3, 0.4) is 0 Å². The number of carbonyl (C=O) groups excluding carboxylic acids is 1. The van der Waals surface area contributed by atoms with Crippen LogP contribution in [0.1, 0.15) is 75.8 Å². The van der Waals surface area contributed by atoms with Gasteiger partial charge in [0.05, 0.1) is 0 Å². The molecule has 0 saturated heterocycles. The summed E-state index contributed by atoms with van der Waals surface area (Å²) >= 11 is -2.15. The lowest BCUT2D eigenvalue weighted by molar-refractivity contribution is -0.126. The second-order valence-corrected chi connectivity index (χ2v) is 12.2. The molecule has 2 rings (SSSR count). The maximum atomic E-state index is 13.0. The molecule has 0 bridgehead atoms. The lowest BCUT2D eigenvalue weighted by atomic mass is 10.1. The molecule has 1 amide bonds. The Hall–Kier alpha value is -2.10. The molecule has 0 aliphatic heterocycles. The Morgan fingerprint density at radius 2 is 1.53 bits per heavy atom. The minimum Gasteiger partial charge on any atom is -0.479 e. The Morgan fingerprint density at radius 3 is 2.14 bits per heavy atom. The van der Waals surface area contributed by atoms with Crippen molar-refractivity contribution in [3.63, 3.8) is 0 Å². The molecule has 10 heteroatoms. The molecule has 7 nitrogen and oxygen atoms in total. The largest absolute Gasteiger partial charge is 0.479 e. The molecule has 2 unspecified atom stereocenters. The van der Waals surface area contributed by atoms with Gasteiger partial charge in [-0.1, -0.05) is 75.6 Å². The van der Waals surface area contributed by atoms with Crippen LogP contribution in [-0.4, -0.2) is 24.6 Å². The fourth-order valence-corrected chi connectivity index (χ4v) is 5.28. The predicted octanol–water partition coefficient (Wildman–Crippen LogP) is 6.28. The summed E-state index contributed by atoms with van der Waals surface area (Å²) in [7, 11) is 1.50. The van der Waals surface area contributed by atoms with Crippen molar-refractivity contribution in [1.82, 2.24) is 4.72 Å². The van der Waals surface area contributed by atoms with E-state index in [1.807, 2.05) is 6.92 Å². The molecule has 2 atom stereocenters. The van der Waals surface area contributed by atoms with Crippen molar-refractivity contribution >= 4 is 36.9 Å². The summed E-state index contributed by atoms with van der Waals surface area (Å²) in [5, 5.41) is 0. The van der Waals surface area contributed by atoms with Gasteiger partial charge in [0.1, 0.15) is 16.4 Å². The van der Waals surface area contributed by atoms with E-state index in [1.54, 1.807) is 37.3 Å². The Balaban J connectivity index is 2.07. The third-order valence-electron chi connectivity index (χ3n) is 5.62. The zero-order valence-electron chi connectivity index (χ0n) is 21.1. The summed E-state index contributed by atoms with van der Waals surface area (Å²) in [6.07, 6.45) is 7.83. The molecule has 36 heavy (non-hydrogen) atoms. The molecule has 0 radical (unpaired) electrons. The number of hydrogen-bond acceptors (Lipinski definition) is 6. The van der Waals surface area contributed by atoms with Crippen molar-refractivity contribution in [2.75, 3.05) is 0 Å². The van der Waals surface area contributed by atoms with Gasteiger partial charge in [0.25, 0.3) is 15.0 Å². The zero-order valence-corrected chi connectivity index (χ0v) is 23.5. The molecule has 0 saturated carbocycles. The molecule has 0 heterocycles. The van der Waals surface area contributed by atoms with Crippen LogP contribution in [0, 0.1) is 13.8 Å². The van der Waals surface area contributed by atoms with Gasteiger partial charge in [0.15, 0.2) is 6.10 Å². The van der Waals surface area contributed by atoms with Crippen LogP contribution in [0.5, 0.6) is 11.5 Å². The van der Waals surface area contributed by atoms with Gasteiger partial charge in [-0.2, -0.15) is 4.21 Å². The molecule has 0 aliphatic rings. The second kappa shape index (κ2) is 15.2. The van der Waals surface area contributed by atoms with Crippen molar-refractivity contribution in [3.8, 4) is 11.5 Å². The zero-order chi connectivity index (χ0) is 26.6. The average molecular weight is 558 g/mol. The van der Waals surface area contributed by atoms with Gasteiger partial charge in [0, 0.05) is 10.7 Å². The number of benzene rings is 2. The summed E-state index contributed by atoms with van der Waals surface area (Å²) in [5.74, 6) is -0.351. The van der Waals surface area contributed by atoms with Crippen molar-refractivity contribution in [3.05, 3.63) is 53.6 Å². The van der Waals surface area contributed by atoms with E-state index in [0.717, 1.165) is 24.8 Å². The number of amides is 1. The Bertz CT molecular complexity index is 1110. The van der Waals surface area contributed by atoms with E-state index in [0.29, 0.717) is 24.2 Å². The lowest BCUT2D eigenvalue weighted by Crippen LogP contribution is -2.40. The number of aryl methyl sites for hydroxylation is 2. The SMILES string of the molecule is CCCCCCCCCCC(Oc1ccc(C)cc1S(=O)(=O)Cl)C(=O)NS(=O)Oc1ccc(C)cc1. The molecule has 1 N–H and O–H groups in total. The van der Waals surface area contributed by atoms with E-state index in [1.165, 1.54) is 37.8 Å². The summed E-state index contributed by atoms with van der Waals surface area (Å²) in [5.41, 5.74) is 1.69. The van der Waals surface area contributed by atoms with Gasteiger partial charge in [-0.3, -0.25) is 4.79 Å². The summed E-state index contributed by atoms with van der Waals surface area (Å²) in [6, 6.07) is 11.4. The number of hydrogen-bond donors (Lipinski definition) is 1. The first-order chi connectivity index (χ1) is 17.1. The number of nitrogens with one attached hydrogen (secondary N) is 1. The van der Waals surface area contributed by atoms with Gasteiger partial charge >= 0.3 is 11.3 Å². The predicted molar refractivity (Wildman–Crippen MR) is 144 cm³/mol. The number of carbonyl (C=O) groups is 1. The van der Waals surface area contributed by atoms with Gasteiger partial charge in [-0.15, -0.1) is 0 Å². The van der Waals surface area contributed by atoms with Crippen LogP contribution in [0.25, 0.3) is 0 Å². The third kappa shape index (κ3) is 10.9. The van der Waals surface area contributed by atoms with Crippen LogP contribution < -0.4 is 13.6 Å². The molecule has 0 aliphatic carbocycles. The van der Waals surface area contributed by atoms with E-state index >= 15 is 0 Å².